The number of fused-ring (bicyclic) bond motifs is 1. The van der Waals surface area contributed by atoms with Crippen molar-refractivity contribution < 1.29 is 46.1 Å². The quantitative estimate of drug-likeness (QED) is 0.624. The van der Waals surface area contributed by atoms with E-state index in [1.54, 1.807) is 0 Å². The van der Waals surface area contributed by atoms with Crippen LogP contribution in [0.25, 0.3) is 0 Å². The van der Waals surface area contributed by atoms with Gasteiger partial charge in [0.15, 0.2) is 0 Å². The molecule has 5 heteroatoms. The van der Waals surface area contributed by atoms with Gasteiger partial charge in [-0.25, -0.2) is 0 Å². The van der Waals surface area contributed by atoms with Gasteiger partial charge in [-0.2, -0.15) is 0 Å². The second-order valence-electron chi connectivity index (χ2n) is 7.45. The highest BCUT2D eigenvalue weighted by Gasteiger charge is 2.42. The first-order chi connectivity index (χ1) is 20.5. The number of aliphatic hydroxyl groups is 1. The summed E-state index contributed by atoms with van der Waals surface area (Å²) < 4.78 is 150. The topological polar surface area (TPSA) is 72.8 Å². The number of esters is 2. The molecule has 0 bridgehead atoms. The minimum Gasteiger partial charge on any atom is -0.462 e. The van der Waals surface area contributed by atoms with Crippen molar-refractivity contribution in [3.05, 3.63) is 23.7 Å². The summed E-state index contributed by atoms with van der Waals surface area (Å²) in [6, 6.07) is -2.85. The van der Waals surface area contributed by atoms with Crippen molar-refractivity contribution in [2.45, 2.75) is 84.3 Å². The lowest BCUT2D eigenvalue weighted by molar-refractivity contribution is -0.162. The molecule has 0 aromatic heterocycles. The van der Waals surface area contributed by atoms with Crippen LogP contribution in [0.2, 0.25) is 0 Å². The van der Waals surface area contributed by atoms with Gasteiger partial charge in [0.1, 0.15) is 12.2 Å². The Hall–Kier alpha value is -1.62. The van der Waals surface area contributed by atoms with E-state index >= 15 is 0 Å². The number of carbonyl (C=O) groups is 2. The predicted octanol–water partition coefficient (Wildman–Crippen LogP) is 4.20. The summed E-state index contributed by atoms with van der Waals surface area (Å²) in [7, 11) is 0. The van der Waals surface area contributed by atoms with E-state index in [9.17, 15) is 9.59 Å². The molecule has 1 saturated heterocycles. The fraction of sp³-hybridized carbons (Fsp3) is 0.750. The van der Waals surface area contributed by atoms with Gasteiger partial charge in [0.05, 0.1) is 22.5 Å². The second kappa shape index (κ2) is 9.46. The Morgan fingerprint density at radius 3 is 3.28 bits per heavy atom. The van der Waals surface area contributed by atoms with Crippen molar-refractivity contribution in [3.63, 3.8) is 0 Å². The van der Waals surface area contributed by atoms with Crippen molar-refractivity contribution in [1.82, 2.24) is 0 Å². The maximum Gasteiger partial charge on any atom is 0.308 e. The van der Waals surface area contributed by atoms with Crippen molar-refractivity contribution in [2.75, 3.05) is 0 Å². The summed E-state index contributed by atoms with van der Waals surface area (Å²) in [4.78, 5) is 25.6. The molecule has 0 aromatic carbocycles. The van der Waals surface area contributed by atoms with Gasteiger partial charge in [-0.15, -0.1) is 0 Å². The SMILES string of the molecule is [2H]O[C@H]1CC(=O)OC(CC[C@@H]2[C@@H]3C(=C([2H])[C@]([2H])(C([2H])([2H])[2H])C([2H])([2H])C3OC(=O)[C@@]([2H])(C)C([2H])([2H])C([2H])([2H])[2H])C([2H])=C([2H])[C@]2([2H])C)C1. The van der Waals surface area contributed by atoms with Gasteiger partial charge >= 0.3 is 11.9 Å². The molecule has 3 rings (SSSR count). The average molecular weight is 422 g/mol. The summed E-state index contributed by atoms with van der Waals surface area (Å²) >= 11 is 0. The van der Waals surface area contributed by atoms with Crippen LogP contribution in [0.5, 0.6) is 0 Å². The summed E-state index contributed by atoms with van der Waals surface area (Å²) in [6.07, 6.45) is -11.9. The Balaban J connectivity index is 2.27. The molecule has 0 aromatic rings. The first kappa shape index (κ1) is 8.86. The third-order valence-corrected chi connectivity index (χ3v) is 5.34. The number of allylic oxidation sites excluding steroid dienone is 3. The van der Waals surface area contributed by atoms with Crippen molar-refractivity contribution in [3.8, 4) is 0 Å². The molecule has 2 unspecified atom stereocenters. The number of carbonyl (C=O) groups excluding carboxylic acids is 2. The third kappa shape index (κ3) is 5.30. The van der Waals surface area contributed by atoms with E-state index in [4.69, 9.17) is 32.8 Å². The number of aliphatic hydroxyl groups excluding tert-OH is 1. The van der Waals surface area contributed by atoms with Crippen LogP contribution in [0.4, 0.5) is 0 Å². The van der Waals surface area contributed by atoms with E-state index in [1.807, 2.05) is 0 Å². The number of cyclic esters (lactones) is 1. The fourth-order valence-corrected chi connectivity index (χ4v) is 3.83. The van der Waals surface area contributed by atoms with E-state index in [0.717, 1.165) is 0 Å². The van der Waals surface area contributed by atoms with Crippen LogP contribution in [0.15, 0.2) is 23.7 Å². The molecule has 1 fully saturated rings. The molecule has 2 aliphatic carbocycles. The Morgan fingerprint density at radius 2 is 2.52 bits per heavy atom. The molecule has 1 N–H and O–H groups in total. The molecule has 29 heavy (non-hydrogen) atoms. The van der Waals surface area contributed by atoms with Crippen LogP contribution in [0.1, 0.15) is 87.9 Å². The van der Waals surface area contributed by atoms with Crippen LogP contribution in [-0.4, -0.2) is 36.8 Å². The second-order valence-corrected chi connectivity index (χ2v) is 7.45. The first-order valence-electron chi connectivity index (χ1n) is 17.9. The zero-order chi connectivity index (χ0) is 35.8. The smallest absolute Gasteiger partial charge is 0.308 e. The standard InChI is InChI=1S/C24H36O5/c1-5-15(3)24(27)29-21-11-14(2)10-17-7-6-16(4)20(23(17)21)9-8-19-12-18(25)13-22(26)28-19/h6-7,10,14-16,18-21,23,25H,5,8-9,11-13H2,1-4H3/t14-,15-,16-,18+,19?,20-,21?,23-/m0/s1/i1D3,2D3,5D2,6D,7D,10D,11D2,14D,15D,16D,25D. The molecule has 0 spiro atoms. The largest absolute Gasteiger partial charge is 0.462 e. The van der Waals surface area contributed by atoms with E-state index in [1.165, 1.54) is 6.92 Å². The van der Waals surface area contributed by atoms with E-state index < -0.39 is 110 Å². The van der Waals surface area contributed by atoms with Gasteiger partial charge in [0.25, 0.3) is 0 Å². The Morgan fingerprint density at radius 1 is 1.66 bits per heavy atom. The molecule has 0 radical (unpaired) electrons. The van der Waals surface area contributed by atoms with Crippen molar-refractivity contribution in [2.24, 2.45) is 29.5 Å². The maximum atomic E-state index is 13.5. The van der Waals surface area contributed by atoms with Crippen LogP contribution in [-0.2, 0) is 19.1 Å². The number of hydrogen-bond donors (Lipinski definition) is 1. The van der Waals surface area contributed by atoms with Crippen LogP contribution in [0, 0.1) is 29.5 Å². The highest BCUT2D eigenvalue weighted by atomic mass is 16.5. The van der Waals surface area contributed by atoms with Crippen LogP contribution in [0.3, 0.4) is 0 Å². The molecule has 162 valence electrons. The number of hydrogen-bond acceptors (Lipinski definition) is 5. The molecule has 1 aliphatic heterocycles. The predicted molar refractivity (Wildman–Crippen MR) is 111 cm³/mol. The highest BCUT2D eigenvalue weighted by Crippen LogP contribution is 2.45. The Bertz CT molecular complexity index is 1300. The molecule has 3 aliphatic rings. The van der Waals surface area contributed by atoms with Gasteiger partial charge in [-0.05, 0) is 48.9 Å². The van der Waals surface area contributed by atoms with Gasteiger partial charge in [-0.1, -0.05) is 45.7 Å². The van der Waals surface area contributed by atoms with Crippen molar-refractivity contribution in [1.29, 1.82) is 1.43 Å². The molecular weight excluding hydrogens is 368 g/mol. The Labute approximate surface area is 198 Å². The summed E-state index contributed by atoms with van der Waals surface area (Å²) in [5, 5.41) is 4.53. The summed E-state index contributed by atoms with van der Waals surface area (Å²) in [6.45, 7) is -5.47. The lowest BCUT2D eigenvalue weighted by Gasteiger charge is -2.43. The molecule has 5 nitrogen and oxygen atoms in total. The van der Waals surface area contributed by atoms with Gasteiger partial charge in [0.2, 0.25) is 1.43 Å². The van der Waals surface area contributed by atoms with E-state index in [2.05, 4.69) is 5.11 Å². The van der Waals surface area contributed by atoms with Crippen LogP contribution < -0.4 is 0 Å². The minimum absolute atomic E-state index is 0.0521. The molecule has 1 heterocycles. The third-order valence-electron chi connectivity index (χ3n) is 5.34. The Kier molecular flexibility index (Phi) is 2.89. The number of rotatable bonds is 7. The molecule has 0 amide bonds. The van der Waals surface area contributed by atoms with Gasteiger partial charge in [-0.3, -0.25) is 9.59 Å². The normalized spacial score (nSPS) is 56.7. The maximum absolute atomic E-state index is 13.5. The zero-order valence-electron chi connectivity index (χ0n) is 33.3. The fourth-order valence-electron chi connectivity index (χ4n) is 3.83. The highest BCUT2D eigenvalue weighted by molar-refractivity contribution is 5.72. The average Bonchev–Trinajstić information content (AvgIpc) is 2.90. The molecule has 0 saturated carbocycles. The van der Waals surface area contributed by atoms with E-state index in [0.29, 0.717) is 6.92 Å². The van der Waals surface area contributed by atoms with Crippen LogP contribution >= 0.6 is 0 Å². The molecule has 8 atom stereocenters. The van der Waals surface area contributed by atoms with Gasteiger partial charge < -0.3 is 14.6 Å². The minimum atomic E-state index is -3.66. The van der Waals surface area contributed by atoms with Crippen molar-refractivity contribution >= 4 is 11.9 Å². The van der Waals surface area contributed by atoms with E-state index in [-0.39, 0.29) is 25.7 Å². The lowest BCUT2D eigenvalue weighted by atomic mass is 9.65. The first-order valence-corrected chi connectivity index (χ1v) is 9.45. The lowest BCUT2D eigenvalue weighted by Crippen LogP contribution is -2.42. The summed E-state index contributed by atoms with van der Waals surface area (Å²) in [5.74, 6) is -14.8. The summed E-state index contributed by atoms with van der Waals surface area (Å²) in [5.41, 5.74) is -0.683. The van der Waals surface area contributed by atoms with Gasteiger partial charge in [0, 0.05) is 30.2 Å². The molecular formula is C24H36O5. The number of ether oxygens (including phenoxy) is 2. The zero-order valence-corrected chi connectivity index (χ0v) is 16.3. The monoisotopic (exact) mass is 421 g/mol.